The highest BCUT2D eigenvalue weighted by molar-refractivity contribution is 6.07. The number of carbonyl (C=O) groups is 1. The molecule has 110 valence electrons. The largest absolute Gasteiger partial charge is 0.397 e. The van der Waals surface area contributed by atoms with E-state index in [2.05, 4.69) is 15.5 Å². The summed E-state index contributed by atoms with van der Waals surface area (Å²) in [6.07, 6.45) is 0.651. The fourth-order valence-electron chi connectivity index (χ4n) is 2.16. The molecule has 1 heterocycles. The number of nitrogens with two attached hydrogens (primary N) is 1. The predicted octanol–water partition coefficient (Wildman–Crippen LogP) is 2.80. The van der Waals surface area contributed by atoms with Gasteiger partial charge in [0, 0.05) is 0 Å². The smallest absolute Gasteiger partial charge is 0.257 e. The van der Waals surface area contributed by atoms with E-state index in [0.29, 0.717) is 34.7 Å². The number of benzene rings is 1. The average Bonchev–Trinajstić information content (AvgIpc) is 2.47. The van der Waals surface area contributed by atoms with Crippen LogP contribution in [0.2, 0.25) is 0 Å². The van der Waals surface area contributed by atoms with E-state index < -0.39 is 0 Å². The summed E-state index contributed by atoms with van der Waals surface area (Å²) in [4.78, 5) is 12.5. The number of amides is 1. The van der Waals surface area contributed by atoms with Crippen LogP contribution in [-0.2, 0) is 6.42 Å². The first-order valence-corrected chi connectivity index (χ1v) is 6.94. The molecule has 0 spiro atoms. The van der Waals surface area contributed by atoms with Crippen LogP contribution in [0.1, 0.15) is 39.8 Å². The van der Waals surface area contributed by atoms with Gasteiger partial charge in [0.25, 0.3) is 5.91 Å². The summed E-state index contributed by atoms with van der Waals surface area (Å²) in [5, 5.41) is 11.0. The minimum absolute atomic E-state index is 0.203. The zero-order chi connectivity index (χ0) is 15.6. The van der Waals surface area contributed by atoms with E-state index in [-0.39, 0.29) is 5.91 Å². The van der Waals surface area contributed by atoms with E-state index in [9.17, 15) is 4.79 Å². The van der Waals surface area contributed by atoms with Gasteiger partial charge in [-0.3, -0.25) is 4.79 Å². The van der Waals surface area contributed by atoms with Crippen molar-refractivity contribution in [1.29, 1.82) is 0 Å². The van der Waals surface area contributed by atoms with Gasteiger partial charge in [-0.2, -0.15) is 10.2 Å². The second-order valence-electron chi connectivity index (χ2n) is 5.13. The van der Waals surface area contributed by atoms with Gasteiger partial charge < -0.3 is 11.1 Å². The molecular formula is C16H20N4O. The summed E-state index contributed by atoms with van der Waals surface area (Å²) in [6.45, 7) is 7.69. The molecule has 5 heteroatoms. The number of rotatable bonds is 3. The molecule has 2 aromatic rings. The molecule has 0 aliphatic rings. The van der Waals surface area contributed by atoms with Crippen molar-refractivity contribution >= 4 is 17.3 Å². The molecule has 0 aliphatic carbocycles. The first-order chi connectivity index (χ1) is 9.93. The van der Waals surface area contributed by atoms with Gasteiger partial charge in [-0.15, -0.1) is 0 Å². The van der Waals surface area contributed by atoms with Crippen LogP contribution in [0.4, 0.5) is 11.4 Å². The number of aromatic nitrogens is 2. The molecule has 0 radical (unpaired) electrons. The lowest BCUT2D eigenvalue weighted by Crippen LogP contribution is -2.18. The fraction of sp³-hybridized carbons (Fsp3) is 0.312. The highest BCUT2D eigenvalue weighted by Crippen LogP contribution is 2.26. The number of hydrogen-bond donors (Lipinski definition) is 2. The van der Waals surface area contributed by atoms with Crippen LogP contribution in [0.15, 0.2) is 18.2 Å². The summed E-state index contributed by atoms with van der Waals surface area (Å²) in [5.41, 5.74) is 11.2. The molecule has 21 heavy (non-hydrogen) atoms. The van der Waals surface area contributed by atoms with Gasteiger partial charge in [0.1, 0.15) is 0 Å². The molecule has 1 aromatic carbocycles. The summed E-state index contributed by atoms with van der Waals surface area (Å²) in [7, 11) is 0. The van der Waals surface area contributed by atoms with Crippen LogP contribution in [-0.4, -0.2) is 16.1 Å². The Morgan fingerprint density at radius 3 is 2.62 bits per heavy atom. The standard InChI is InChI=1S/C16H20N4O/c1-5-14-12(8-10(3)19-20-14)16(21)18-15-11(4)9(2)6-7-13(15)17/h6-8H,5,17H2,1-4H3,(H,18,21). The first-order valence-electron chi connectivity index (χ1n) is 6.94. The lowest BCUT2D eigenvalue weighted by Gasteiger charge is -2.14. The Balaban J connectivity index is 2.39. The van der Waals surface area contributed by atoms with Crippen molar-refractivity contribution < 1.29 is 4.79 Å². The summed E-state index contributed by atoms with van der Waals surface area (Å²) in [5.74, 6) is -0.203. The van der Waals surface area contributed by atoms with Gasteiger partial charge in [-0.1, -0.05) is 13.0 Å². The summed E-state index contributed by atoms with van der Waals surface area (Å²) < 4.78 is 0. The highest BCUT2D eigenvalue weighted by atomic mass is 16.1. The molecular weight excluding hydrogens is 264 g/mol. The number of anilines is 2. The lowest BCUT2D eigenvalue weighted by molar-refractivity contribution is 0.102. The van der Waals surface area contributed by atoms with Gasteiger partial charge in [0.2, 0.25) is 0 Å². The predicted molar refractivity (Wildman–Crippen MR) is 84.4 cm³/mol. The van der Waals surface area contributed by atoms with Crippen LogP contribution < -0.4 is 11.1 Å². The van der Waals surface area contributed by atoms with Crippen LogP contribution in [0.25, 0.3) is 0 Å². The number of nitrogen functional groups attached to an aromatic ring is 1. The Morgan fingerprint density at radius 1 is 1.24 bits per heavy atom. The summed E-state index contributed by atoms with van der Waals surface area (Å²) in [6, 6.07) is 5.49. The Morgan fingerprint density at radius 2 is 1.95 bits per heavy atom. The molecule has 0 saturated carbocycles. The minimum Gasteiger partial charge on any atom is -0.397 e. The van der Waals surface area contributed by atoms with Crippen LogP contribution in [0.5, 0.6) is 0 Å². The van der Waals surface area contributed by atoms with E-state index in [4.69, 9.17) is 5.73 Å². The molecule has 0 aliphatic heterocycles. The second kappa shape index (κ2) is 5.91. The highest BCUT2D eigenvalue weighted by Gasteiger charge is 2.15. The molecule has 3 N–H and O–H groups in total. The number of nitrogens with zero attached hydrogens (tertiary/aromatic N) is 2. The minimum atomic E-state index is -0.203. The van der Waals surface area contributed by atoms with E-state index in [1.807, 2.05) is 33.8 Å². The number of hydrogen-bond acceptors (Lipinski definition) is 4. The normalized spacial score (nSPS) is 10.5. The lowest BCUT2D eigenvalue weighted by atomic mass is 10.1. The SMILES string of the molecule is CCc1nnc(C)cc1C(=O)Nc1c(N)ccc(C)c1C. The van der Waals surface area contributed by atoms with Crippen molar-refractivity contribution in [3.05, 3.63) is 46.3 Å². The molecule has 5 nitrogen and oxygen atoms in total. The zero-order valence-corrected chi connectivity index (χ0v) is 12.8. The molecule has 0 unspecified atom stereocenters. The van der Waals surface area contributed by atoms with Gasteiger partial charge in [-0.25, -0.2) is 0 Å². The Hall–Kier alpha value is -2.43. The molecule has 1 amide bonds. The maximum Gasteiger partial charge on any atom is 0.257 e. The fourth-order valence-corrected chi connectivity index (χ4v) is 2.16. The molecule has 1 aromatic heterocycles. The summed E-state index contributed by atoms with van der Waals surface area (Å²) >= 11 is 0. The monoisotopic (exact) mass is 284 g/mol. The molecule has 0 fully saturated rings. The van der Waals surface area contributed by atoms with E-state index in [0.717, 1.165) is 11.1 Å². The Kier molecular flexibility index (Phi) is 4.21. The molecule has 0 atom stereocenters. The maximum atomic E-state index is 12.5. The topological polar surface area (TPSA) is 80.9 Å². The van der Waals surface area contributed by atoms with E-state index >= 15 is 0 Å². The van der Waals surface area contributed by atoms with Crippen molar-refractivity contribution in [3.63, 3.8) is 0 Å². The number of nitrogens with one attached hydrogen (secondary N) is 1. The van der Waals surface area contributed by atoms with Crippen molar-refractivity contribution in [2.75, 3.05) is 11.1 Å². The zero-order valence-electron chi connectivity index (χ0n) is 12.8. The van der Waals surface area contributed by atoms with E-state index in [1.165, 1.54) is 0 Å². The molecule has 2 rings (SSSR count). The quantitative estimate of drug-likeness (QED) is 0.849. The van der Waals surface area contributed by atoms with Crippen LogP contribution in [0, 0.1) is 20.8 Å². The first kappa shape index (κ1) is 15.0. The number of aryl methyl sites for hydroxylation is 3. The third-order valence-electron chi connectivity index (χ3n) is 3.58. The van der Waals surface area contributed by atoms with Gasteiger partial charge in [-0.05, 0) is 50.5 Å². The van der Waals surface area contributed by atoms with Crippen LogP contribution >= 0.6 is 0 Å². The van der Waals surface area contributed by atoms with Crippen molar-refractivity contribution in [1.82, 2.24) is 10.2 Å². The van der Waals surface area contributed by atoms with Gasteiger partial charge >= 0.3 is 0 Å². The third kappa shape index (κ3) is 3.02. The van der Waals surface area contributed by atoms with Crippen molar-refractivity contribution in [2.24, 2.45) is 0 Å². The maximum absolute atomic E-state index is 12.5. The molecule has 0 bridgehead atoms. The van der Waals surface area contributed by atoms with Crippen LogP contribution in [0.3, 0.4) is 0 Å². The third-order valence-corrected chi connectivity index (χ3v) is 3.58. The van der Waals surface area contributed by atoms with Crippen molar-refractivity contribution in [2.45, 2.75) is 34.1 Å². The van der Waals surface area contributed by atoms with Crippen molar-refractivity contribution in [3.8, 4) is 0 Å². The van der Waals surface area contributed by atoms with Gasteiger partial charge in [0.05, 0.1) is 28.3 Å². The van der Waals surface area contributed by atoms with Gasteiger partial charge in [0.15, 0.2) is 0 Å². The van der Waals surface area contributed by atoms with E-state index in [1.54, 1.807) is 12.1 Å². The number of carbonyl (C=O) groups excluding carboxylic acids is 1. The molecule has 0 saturated heterocycles. The average molecular weight is 284 g/mol. The Bertz CT molecular complexity index is 695. The Labute approximate surface area is 124 Å². The second-order valence-corrected chi connectivity index (χ2v) is 5.13.